The lowest BCUT2D eigenvalue weighted by Gasteiger charge is -2.06. The molecule has 5 heteroatoms. The highest BCUT2D eigenvalue weighted by Crippen LogP contribution is 2.19. The average molecular weight is 296 g/mol. The highest BCUT2D eigenvalue weighted by atomic mass is 35.5. The Bertz CT molecular complexity index is 594. The second-order valence-corrected chi connectivity index (χ2v) is 4.88. The predicted molar refractivity (Wildman–Crippen MR) is 75.7 cm³/mol. The van der Waals surface area contributed by atoms with Crippen LogP contribution in [-0.2, 0) is 6.54 Å². The van der Waals surface area contributed by atoms with Gasteiger partial charge in [-0.3, -0.25) is 4.79 Å². The number of phenolic OH excluding ortho intramolecular Hbond substituents is 1. The van der Waals surface area contributed by atoms with Gasteiger partial charge in [0.05, 0.1) is 0 Å². The maximum Gasteiger partial charge on any atom is 0.251 e. The molecule has 0 aliphatic rings. The molecule has 3 nitrogen and oxygen atoms in total. The average Bonchev–Trinajstić information content (AvgIpc) is 2.35. The van der Waals surface area contributed by atoms with Crippen molar-refractivity contribution < 1.29 is 9.90 Å². The van der Waals surface area contributed by atoms with Gasteiger partial charge in [-0.25, -0.2) is 0 Å². The molecule has 98 valence electrons. The molecule has 0 aromatic heterocycles. The highest BCUT2D eigenvalue weighted by Gasteiger charge is 2.07. The number of rotatable bonds is 3. The minimum atomic E-state index is -0.271. The summed E-state index contributed by atoms with van der Waals surface area (Å²) >= 11 is 11.7. The van der Waals surface area contributed by atoms with Crippen LogP contribution in [0.1, 0.15) is 15.9 Å². The molecule has 2 aromatic rings. The van der Waals surface area contributed by atoms with Crippen molar-refractivity contribution in [3.63, 3.8) is 0 Å². The zero-order chi connectivity index (χ0) is 13.8. The van der Waals surface area contributed by atoms with Crippen molar-refractivity contribution >= 4 is 29.1 Å². The third kappa shape index (κ3) is 3.88. The second kappa shape index (κ2) is 5.95. The van der Waals surface area contributed by atoms with E-state index in [2.05, 4.69) is 5.32 Å². The first-order valence-corrected chi connectivity index (χ1v) is 6.32. The van der Waals surface area contributed by atoms with Crippen LogP contribution >= 0.6 is 23.2 Å². The number of nitrogens with one attached hydrogen (secondary N) is 1. The van der Waals surface area contributed by atoms with Gasteiger partial charge in [-0.15, -0.1) is 0 Å². The first kappa shape index (κ1) is 13.7. The Labute approximate surface area is 120 Å². The number of hydrogen-bond acceptors (Lipinski definition) is 2. The third-order valence-electron chi connectivity index (χ3n) is 2.49. The first-order valence-electron chi connectivity index (χ1n) is 5.57. The van der Waals surface area contributed by atoms with E-state index in [1.54, 1.807) is 36.4 Å². The van der Waals surface area contributed by atoms with Crippen LogP contribution in [0.3, 0.4) is 0 Å². The number of phenols is 1. The van der Waals surface area contributed by atoms with Crippen molar-refractivity contribution in [2.45, 2.75) is 6.54 Å². The summed E-state index contributed by atoms with van der Waals surface area (Å²) in [6, 6.07) is 11.3. The van der Waals surface area contributed by atoms with Gasteiger partial charge in [-0.2, -0.15) is 0 Å². The van der Waals surface area contributed by atoms with Crippen LogP contribution in [0.4, 0.5) is 0 Å². The number of carbonyl (C=O) groups is 1. The molecule has 0 heterocycles. The van der Waals surface area contributed by atoms with Crippen LogP contribution in [-0.4, -0.2) is 11.0 Å². The summed E-state index contributed by atoms with van der Waals surface area (Å²) in [4.78, 5) is 11.9. The van der Waals surface area contributed by atoms with E-state index in [-0.39, 0.29) is 11.7 Å². The molecule has 0 radical (unpaired) electrons. The molecule has 0 aliphatic carbocycles. The molecule has 0 fully saturated rings. The molecule has 0 atom stereocenters. The van der Waals surface area contributed by atoms with E-state index in [0.29, 0.717) is 22.2 Å². The maximum atomic E-state index is 11.9. The number of carbonyl (C=O) groups excluding carboxylic acids is 1. The van der Waals surface area contributed by atoms with Crippen LogP contribution in [0.25, 0.3) is 0 Å². The third-order valence-corrected chi connectivity index (χ3v) is 2.92. The fourth-order valence-electron chi connectivity index (χ4n) is 1.64. The molecule has 0 aliphatic heterocycles. The van der Waals surface area contributed by atoms with Gasteiger partial charge in [-0.1, -0.05) is 35.3 Å². The van der Waals surface area contributed by atoms with Gasteiger partial charge in [-0.05, 0) is 35.9 Å². The van der Waals surface area contributed by atoms with Gasteiger partial charge in [0.1, 0.15) is 5.75 Å². The first-order chi connectivity index (χ1) is 9.04. The predicted octanol–water partition coefficient (Wildman–Crippen LogP) is 3.63. The fraction of sp³-hybridized carbons (Fsp3) is 0.0714. The van der Waals surface area contributed by atoms with E-state index < -0.39 is 0 Å². The molecule has 0 spiro atoms. The summed E-state index contributed by atoms with van der Waals surface area (Å²) in [5.74, 6) is -0.106. The minimum absolute atomic E-state index is 0.164. The smallest absolute Gasteiger partial charge is 0.251 e. The number of halogens is 2. The van der Waals surface area contributed by atoms with E-state index in [9.17, 15) is 9.90 Å². The van der Waals surface area contributed by atoms with Crippen LogP contribution in [0, 0.1) is 0 Å². The largest absolute Gasteiger partial charge is 0.508 e. The Morgan fingerprint density at radius 2 is 1.79 bits per heavy atom. The molecule has 1 amide bonds. The summed E-state index contributed by atoms with van der Waals surface area (Å²) in [6.45, 7) is 0.317. The Morgan fingerprint density at radius 3 is 2.42 bits per heavy atom. The van der Waals surface area contributed by atoms with Gasteiger partial charge < -0.3 is 10.4 Å². The zero-order valence-corrected chi connectivity index (χ0v) is 11.4. The number of benzene rings is 2. The molecule has 2 rings (SSSR count). The van der Waals surface area contributed by atoms with Gasteiger partial charge in [0.25, 0.3) is 5.91 Å². The molecule has 0 saturated carbocycles. The van der Waals surface area contributed by atoms with E-state index in [4.69, 9.17) is 23.2 Å². The fourth-order valence-corrected chi connectivity index (χ4v) is 2.16. The lowest BCUT2D eigenvalue weighted by atomic mass is 10.2. The summed E-state index contributed by atoms with van der Waals surface area (Å²) < 4.78 is 0. The van der Waals surface area contributed by atoms with E-state index in [1.807, 2.05) is 6.07 Å². The molecular weight excluding hydrogens is 285 g/mol. The molecule has 0 unspecified atom stereocenters. The second-order valence-electron chi connectivity index (χ2n) is 4.01. The Kier molecular flexibility index (Phi) is 4.30. The van der Waals surface area contributed by atoms with E-state index >= 15 is 0 Å². The molecule has 19 heavy (non-hydrogen) atoms. The normalized spacial score (nSPS) is 10.2. The van der Waals surface area contributed by atoms with E-state index in [0.717, 1.165) is 5.56 Å². The van der Waals surface area contributed by atoms with Crippen molar-refractivity contribution in [3.05, 3.63) is 63.6 Å². The maximum absolute atomic E-state index is 11.9. The standard InChI is InChI=1S/C14H11Cl2NO2/c15-11-5-10(6-12(16)7-11)14(19)17-8-9-2-1-3-13(18)4-9/h1-7,18H,8H2,(H,17,19). The molecule has 2 aromatic carbocycles. The summed E-state index contributed by atoms with van der Waals surface area (Å²) in [6.07, 6.45) is 0. The number of aromatic hydroxyl groups is 1. The minimum Gasteiger partial charge on any atom is -0.508 e. The van der Waals surface area contributed by atoms with Crippen LogP contribution in [0.5, 0.6) is 5.75 Å². The SMILES string of the molecule is O=C(NCc1cccc(O)c1)c1cc(Cl)cc(Cl)c1. The lowest BCUT2D eigenvalue weighted by molar-refractivity contribution is 0.0951. The quantitative estimate of drug-likeness (QED) is 0.908. The summed E-state index contributed by atoms with van der Waals surface area (Å²) in [5, 5.41) is 12.9. The van der Waals surface area contributed by atoms with Crippen molar-refractivity contribution in [3.8, 4) is 5.75 Å². The Hall–Kier alpha value is -1.71. The molecular formula is C14H11Cl2NO2. The van der Waals surface area contributed by atoms with E-state index in [1.165, 1.54) is 0 Å². The zero-order valence-electron chi connectivity index (χ0n) is 9.86. The lowest BCUT2D eigenvalue weighted by Crippen LogP contribution is -2.22. The Morgan fingerprint density at radius 1 is 1.11 bits per heavy atom. The van der Waals surface area contributed by atoms with Gasteiger partial charge >= 0.3 is 0 Å². The monoisotopic (exact) mass is 295 g/mol. The van der Waals surface area contributed by atoms with Crippen molar-refractivity contribution in [1.82, 2.24) is 5.32 Å². The van der Waals surface area contributed by atoms with Gasteiger partial charge in [0, 0.05) is 22.2 Å². The topological polar surface area (TPSA) is 49.3 Å². The highest BCUT2D eigenvalue weighted by molar-refractivity contribution is 6.35. The summed E-state index contributed by atoms with van der Waals surface area (Å²) in [7, 11) is 0. The molecule has 0 saturated heterocycles. The molecule has 2 N–H and O–H groups in total. The summed E-state index contributed by atoms with van der Waals surface area (Å²) in [5.41, 5.74) is 1.21. The Balaban J connectivity index is 2.05. The van der Waals surface area contributed by atoms with Gasteiger partial charge in [0.2, 0.25) is 0 Å². The van der Waals surface area contributed by atoms with Crippen molar-refractivity contribution in [1.29, 1.82) is 0 Å². The van der Waals surface area contributed by atoms with Crippen molar-refractivity contribution in [2.24, 2.45) is 0 Å². The number of amides is 1. The van der Waals surface area contributed by atoms with Crippen molar-refractivity contribution in [2.75, 3.05) is 0 Å². The van der Waals surface area contributed by atoms with Crippen LogP contribution < -0.4 is 5.32 Å². The number of hydrogen-bond donors (Lipinski definition) is 2. The van der Waals surface area contributed by atoms with Crippen LogP contribution in [0.15, 0.2) is 42.5 Å². The van der Waals surface area contributed by atoms with Crippen LogP contribution in [0.2, 0.25) is 10.0 Å². The molecule has 0 bridgehead atoms. The van der Waals surface area contributed by atoms with Gasteiger partial charge in [0.15, 0.2) is 0 Å².